The number of nitrogens with one attached hydrogen (secondary N) is 3. The summed E-state index contributed by atoms with van der Waals surface area (Å²) < 4.78 is 10.7. The molecule has 0 radical (unpaired) electrons. The summed E-state index contributed by atoms with van der Waals surface area (Å²) in [6.07, 6.45) is 8.31. The Morgan fingerprint density at radius 2 is 2.16 bits per heavy atom. The van der Waals surface area contributed by atoms with Crippen molar-refractivity contribution in [2.24, 2.45) is 5.92 Å². The van der Waals surface area contributed by atoms with Gasteiger partial charge in [-0.2, -0.15) is 0 Å². The summed E-state index contributed by atoms with van der Waals surface area (Å²) in [5.74, 6) is 0.872. The molecule has 0 bridgehead atoms. The van der Waals surface area contributed by atoms with E-state index in [0.29, 0.717) is 23.9 Å². The molecular formula is C23H24N6O3. The van der Waals surface area contributed by atoms with Crippen molar-refractivity contribution in [2.75, 3.05) is 19.6 Å². The van der Waals surface area contributed by atoms with Crippen LogP contribution >= 0.6 is 0 Å². The number of benzene rings is 1. The highest BCUT2D eigenvalue weighted by Gasteiger charge is 2.13. The largest absolute Gasteiger partial charge is 0.484 e. The lowest BCUT2D eigenvalue weighted by atomic mass is 10.1. The first-order chi connectivity index (χ1) is 15.7. The minimum absolute atomic E-state index is 0.0451. The van der Waals surface area contributed by atoms with Gasteiger partial charge in [0.05, 0.1) is 6.57 Å². The van der Waals surface area contributed by atoms with Gasteiger partial charge in [-0.15, -0.1) is 5.10 Å². The molecule has 1 fully saturated rings. The van der Waals surface area contributed by atoms with E-state index in [4.69, 9.17) is 15.7 Å². The number of aromatic amines is 1. The van der Waals surface area contributed by atoms with Crippen LogP contribution in [0.3, 0.4) is 0 Å². The summed E-state index contributed by atoms with van der Waals surface area (Å²) in [7, 11) is 0. The zero-order chi connectivity index (χ0) is 22.2. The van der Waals surface area contributed by atoms with Crippen LogP contribution in [0.15, 0.2) is 45.9 Å². The van der Waals surface area contributed by atoms with Crippen LogP contribution in [0.4, 0.5) is 5.69 Å². The van der Waals surface area contributed by atoms with Crippen LogP contribution in [-0.4, -0.2) is 34.8 Å². The van der Waals surface area contributed by atoms with Crippen LogP contribution in [0.5, 0.6) is 5.75 Å². The smallest absolute Gasteiger partial charge is 0.434 e. The predicted octanol–water partition coefficient (Wildman–Crippen LogP) is 2.76. The number of H-pyrrole nitrogens is 1. The van der Waals surface area contributed by atoms with Crippen molar-refractivity contribution in [2.45, 2.75) is 19.6 Å². The fourth-order valence-corrected chi connectivity index (χ4v) is 3.53. The second-order valence-electron chi connectivity index (χ2n) is 7.62. The van der Waals surface area contributed by atoms with Gasteiger partial charge in [0.2, 0.25) is 5.69 Å². The molecule has 1 unspecified atom stereocenters. The summed E-state index contributed by atoms with van der Waals surface area (Å²) >= 11 is 0. The molecule has 3 aromatic rings. The standard InChI is InChI=1S/C23H24N6O3/c1-24-20-7-17(10-27-14-20)3-2-16-6-19(13-26-12-18-4-5-25-11-18)9-21(8-16)31-15-22-28-29-23(30)32-22/h2-3,6-10,14,18,25-26H,4-5,11-13,15H2,(H,29,30)/b3-2+. The number of hydrogen-bond donors (Lipinski definition) is 3. The maximum atomic E-state index is 11.1. The topological polar surface area (TPSA) is 109 Å². The molecule has 3 N–H and O–H groups in total. The monoisotopic (exact) mass is 432 g/mol. The van der Waals surface area contributed by atoms with E-state index in [2.05, 4.69) is 36.7 Å². The average molecular weight is 432 g/mol. The highest BCUT2D eigenvalue weighted by Crippen LogP contribution is 2.21. The molecule has 1 aliphatic rings. The molecular weight excluding hydrogens is 408 g/mol. The maximum absolute atomic E-state index is 11.1. The minimum atomic E-state index is -0.609. The first-order valence-corrected chi connectivity index (χ1v) is 10.4. The van der Waals surface area contributed by atoms with Gasteiger partial charge in [0.25, 0.3) is 5.89 Å². The third kappa shape index (κ3) is 6.14. The van der Waals surface area contributed by atoms with E-state index >= 15 is 0 Å². The highest BCUT2D eigenvalue weighted by molar-refractivity contribution is 5.71. The lowest BCUT2D eigenvalue weighted by Crippen LogP contribution is -2.24. The number of aromatic nitrogens is 3. The van der Waals surface area contributed by atoms with Gasteiger partial charge in [0.15, 0.2) is 6.61 Å². The fraction of sp³-hybridized carbons (Fsp3) is 0.304. The third-order valence-electron chi connectivity index (χ3n) is 5.10. The molecule has 0 aliphatic carbocycles. The van der Waals surface area contributed by atoms with E-state index in [1.165, 1.54) is 12.6 Å². The maximum Gasteiger partial charge on any atom is 0.434 e. The van der Waals surface area contributed by atoms with Crippen LogP contribution in [-0.2, 0) is 13.2 Å². The zero-order valence-electron chi connectivity index (χ0n) is 17.5. The van der Waals surface area contributed by atoms with Gasteiger partial charge >= 0.3 is 5.76 Å². The van der Waals surface area contributed by atoms with Crippen molar-refractivity contribution < 1.29 is 9.15 Å². The Balaban J connectivity index is 1.49. The van der Waals surface area contributed by atoms with Gasteiger partial charge in [0.1, 0.15) is 5.75 Å². The summed E-state index contributed by atoms with van der Waals surface area (Å²) in [5, 5.41) is 12.9. The zero-order valence-corrected chi connectivity index (χ0v) is 17.5. The molecule has 1 aromatic carbocycles. The molecule has 1 aliphatic heterocycles. The summed E-state index contributed by atoms with van der Waals surface area (Å²) in [6, 6.07) is 7.74. The second kappa shape index (κ2) is 10.5. The molecule has 0 saturated carbocycles. The molecule has 0 amide bonds. The molecule has 9 heteroatoms. The molecule has 4 rings (SSSR count). The van der Waals surface area contributed by atoms with Gasteiger partial charge in [-0.3, -0.25) is 4.98 Å². The Morgan fingerprint density at radius 1 is 1.25 bits per heavy atom. The first kappa shape index (κ1) is 21.5. The molecule has 9 nitrogen and oxygen atoms in total. The molecule has 0 spiro atoms. The van der Waals surface area contributed by atoms with E-state index in [-0.39, 0.29) is 12.5 Å². The molecule has 1 atom stereocenters. The Hall–Kier alpha value is -3.74. The van der Waals surface area contributed by atoms with Crippen LogP contribution < -0.4 is 21.1 Å². The number of ether oxygens (including phenoxy) is 1. The van der Waals surface area contributed by atoms with E-state index in [1.807, 2.05) is 24.3 Å². The summed E-state index contributed by atoms with van der Waals surface area (Å²) in [4.78, 5) is 18.6. The Labute approximate surface area is 185 Å². The van der Waals surface area contributed by atoms with Gasteiger partial charge in [-0.05, 0) is 66.9 Å². The van der Waals surface area contributed by atoms with Crippen molar-refractivity contribution >= 4 is 17.8 Å². The van der Waals surface area contributed by atoms with Crippen LogP contribution in [0, 0.1) is 12.5 Å². The van der Waals surface area contributed by atoms with Crippen molar-refractivity contribution in [1.82, 2.24) is 25.8 Å². The molecule has 32 heavy (non-hydrogen) atoms. The predicted molar refractivity (Wildman–Crippen MR) is 120 cm³/mol. The Morgan fingerprint density at radius 3 is 2.94 bits per heavy atom. The van der Waals surface area contributed by atoms with Gasteiger partial charge < -0.3 is 19.8 Å². The number of pyridine rings is 1. The number of nitrogens with zero attached hydrogens (tertiary/aromatic N) is 3. The minimum Gasteiger partial charge on any atom is -0.484 e. The van der Waals surface area contributed by atoms with E-state index < -0.39 is 5.76 Å². The Kier molecular flexibility index (Phi) is 7.07. The number of rotatable bonds is 9. The number of hydrogen-bond acceptors (Lipinski definition) is 7. The SMILES string of the molecule is [C-]#[N+]c1cncc(/C=C/c2cc(CNCC3CCNC3)cc(OCc3n[nH]c(=O)o3)c2)c1. The molecule has 1 saturated heterocycles. The van der Waals surface area contributed by atoms with Crippen molar-refractivity contribution in [1.29, 1.82) is 0 Å². The molecule has 164 valence electrons. The summed E-state index contributed by atoms with van der Waals surface area (Å²) in [6.45, 7) is 11.0. The van der Waals surface area contributed by atoms with Gasteiger partial charge in [0, 0.05) is 18.9 Å². The first-order valence-electron chi connectivity index (χ1n) is 10.4. The van der Waals surface area contributed by atoms with E-state index in [0.717, 1.165) is 36.3 Å². The molecule has 3 heterocycles. The van der Waals surface area contributed by atoms with Crippen LogP contribution in [0.1, 0.15) is 29.0 Å². The highest BCUT2D eigenvalue weighted by atomic mass is 16.5. The quantitative estimate of drug-likeness (QED) is 0.446. The van der Waals surface area contributed by atoms with Crippen molar-refractivity contribution in [3.63, 3.8) is 0 Å². The molecule has 2 aromatic heterocycles. The van der Waals surface area contributed by atoms with E-state index in [1.54, 1.807) is 12.3 Å². The van der Waals surface area contributed by atoms with Crippen LogP contribution in [0.2, 0.25) is 0 Å². The second-order valence-corrected chi connectivity index (χ2v) is 7.62. The Bertz CT molecular complexity index is 1170. The average Bonchev–Trinajstić information content (AvgIpc) is 3.48. The fourth-order valence-electron chi connectivity index (χ4n) is 3.53. The van der Waals surface area contributed by atoms with Crippen molar-refractivity contribution in [3.05, 3.63) is 81.2 Å². The van der Waals surface area contributed by atoms with E-state index in [9.17, 15) is 4.79 Å². The third-order valence-corrected chi connectivity index (χ3v) is 5.10. The van der Waals surface area contributed by atoms with Gasteiger partial charge in [-0.1, -0.05) is 18.2 Å². The lowest BCUT2D eigenvalue weighted by molar-refractivity contribution is 0.259. The lowest BCUT2D eigenvalue weighted by Gasteiger charge is -2.12. The van der Waals surface area contributed by atoms with Gasteiger partial charge in [-0.25, -0.2) is 14.7 Å². The van der Waals surface area contributed by atoms with Crippen molar-refractivity contribution in [3.8, 4) is 5.75 Å². The normalized spacial score (nSPS) is 15.8. The summed E-state index contributed by atoms with van der Waals surface area (Å²) in [5.41, 5.74) is 3.36. The van der Waals surface area contributed by atoms with Crippen LogP contribution in [0.25, 0.3) is 17.0 Å².